The Morgan fingerprint density at radius 2 is 0.901 bits per heavy atom. The van der Waals surface area contributed by atoms with Crippen molar-refractivity contribution in [1.29, 1.82) is 0 Å². The van der Waals surface area contributed by atoms with Crippen molar-refractivity contribution in [2.24, 2.45) is 0 Å². The fraction of sp³-hybridized carbons (Fsp3) is 0.880. The number of hydrogen-bond acceptors (Lipinski definition) is 35. The molecule has 0 saturated carbocycles. The number of hydrogen-bond donors (Lipinski definition) is 24. The van der Waals surface area contributed by atoms with Gasteiger partial charge >= 0.3 is 11.9 Å². The van der Waals surface area contributed by atoms with Gasteiger partial charge in [0.1, 0.15) is 134 Å². The summed E-state index contributed by atoms with van der Waals surface area (Å²) in [5.74, 6) is -14.4. The molecule has 41 nitrogen and oxygen atoms in total. The van der Waals surface area contributed by atoms with Crippen LogP contribution >= 0.6 is 0 Å². The molecule has 24 N–H and O–H groups in total. The van der Waals surface area contributed by atoms with Crippen molar-refractivity contribution in [2.45, 2.75) is 236 Å². The molecule has 0 aromatic rings. The Kier molecular flexibility index (Phi) is 26.6. The van der Waals surface area contributed by atoms with Gasteiger partial charge in [0.05, 0.1) is 63.9 Å². The standard InChI is InChI=1S/C50H82N4O37/c1-13(60)51-25-18(65)6-50(48(79)80,91-40(25)29(67)19(66)7-55)89-22(10-58)32(70)41-26(52-14(2)61)17(64)5-49(90-41,47(77)78)81-12-24-33(71)39(28(43(76)82-24)54-16(4)63)87-46-37(75)42(31(69)21(9-57)84-46)88-45-36(74)35(73)38(23(11-59)85-45)86-44-27(53-15(3)62)34(72)30(68)20(8-56)83-44/h17-46,55-59,64-76H,5-12H2,1-4H3,(H,51,60)(H,52,61)(H,53,62)(H,54,63)(H,77,78)(H,79,80)/t17-,18-,19+,20+,21+,22+,23+,24+,25+,26+,27+,28+,29+,30-,31-,32+,33-,34+,35+,36+,37+,38-,39+,40+,41+,42-,43-,44-,45-,46-,49+,50+/m0/s1. The van der Waals surface area contributed by atoms with Crippen molar-refractivity contribution in [1.82, 2.24) is 21.3 Å². The van der Waals surface area contributed by atoms with Crippen molar-refractivity contribution in [3.8, 4) is 0 Å². The second kappa shape index (κ2) is 31.9. The molecule has 6 saturated heterocycles. The van der Waals surface area contributed by atoms with Gasteiger partial charge in [0.2, 0.25) is 23.6 Å². The number of carboxylic acids is 2. The second-order valence-electron chi connectivity index (χ2n) is 22.6. The zero-order valence-electron chi connectivity index (χ0n) is 48.9. The molecule has 0 aromatic heterocycles. The van der Waals surface area contributed by atoms with Crippen LogP contribution in [0, 0.1) is 0 Å². The van der Waals surface area contributed by atoms with Gasteiger partial charge in [-0.2, -0.15) is 0 Å². The first-order valence-electron chi connectivity index (χ1n) is 28.3. The summed E-state index contributed by atoms with van der Waals surface area (Å²) in [5.41, 5.74) is 0. The number of nitrogens with one attached hydrogen (secondary N) is 4. The molecule has 0 aliphatic carbocycles. The molecule has 41 heteroatoms. The number of aliphatic hydroxyl groups is 18. The van der Waals surface area contributed by atoms with Crippen LogP contribution in [-0.2, 0) is 80.9 Å². The summed E-state index contributed by atoms with van der Waals surface area (Å²) in [6, 6.07) is -7.14. The van der Waals surface area contributed by atoms with Crippen LogP contribution in [0.25, 0.3) is 0 Å². The van der Waals surface area contributed by atoms with Crippen molar-refractivity contribution in [3.05, 3.63) is 0 Å². The minimum absolute atomic E-state index is 0.768. The van der Waals surface area contributed by atoms with Crippen LogP contribution in [0.4, 0.5) is 0 Å². The maximum Gasteiger partial charge on any atom is 0.364 e. The summed E-state index contributed by atoms with van der Waals surface area (Å²) in [5, 5.41) is 227. The summed E-state index contributed by atoms with van der Waals surface area (Å²) in [7, 11) is 0. The minimum Gasteiger partial charge on any atom is -0.477 e. The Bertz CT molecular complexity index is 2440. The zero-order chi connectivity index (χ0) is 68.0. The average Bonchev–Trinajstić information content (AvgIpc) is 0.896. The van der Waals surface area contributed by atoms with Crippen LogP contribution in [-0.4, -0.2) is 373 Å². The highest BCUT2D eigenvalue weighted by molar-refractivity contribution is 5.78. The van der Waals surface area contributed by atoms with Gasteiger partial charge in [-0.3, -0.25) is 19.2 Å². The summed E-state index contributed by atoms with van der Waals surface area (Å²) in [4.78, 5) is 75.6. The number of rotatable bonds is 26. The fourth-order valence-corrected chi connectivity index (χ4v) is 11.4. The van der Waals surface area contributed by atoms with Gasteiger partial charge in [0, 0.05) is 40.5 Å². The quantitative estimate of drug-likeness (QED) is 0.0382. The van der Waals surface area contributed by atoms with Crippen molar-refractivity contribution in [2.75, 3.05) is 39.6 Å². The monoisotopic (exact) mass is 1330 g/mol. The van der Waals surface area contributed by atoms with Crippen LogP contribution in [0.3, 0.4) is 0 Å². The SMILES string of the molecule is CC(=O)N[C@@H]1[C@@H](O[C@@H]2O[C@H](CO)[C@H](O)[C@H](O[C@@H]3O[C@H](CO)[C@H](O[C@@H]4O[C@H](CO)[C@H](O)[C@H](O)[C@H]4NC(C)=O)[C@H](O)[C@H]3O)[C@H]2O)[C@@H](O)[C@@H](CO[C@]2(C(=O)O)C[C@H](O)[C@@H](NC(C)=O)[C@H]([C@H](O)[C@@H](CO)O[C@]3(C(=O)O)C[C@H](O)[C@@H](NC(C)=O)[C@H]([C@H](O)[C@H](O)CO)O3)O2)O[C@@H]1O. The highest BCUT2D eigenvalue weighted by Crippen LogP contribution is 2.40. The molecule has 0 spiro atoms. The summed E-state index contributed by atoms with van der Waals surface area (Å²) < 4.78 is 62.5. The first-order valence-corrected chi connectivity index (χ1v) is 28.3. The maximum atomic E-state index is 13.4. The Morgan fingerprint density at radius 1 is 0.462 bits per heavy atom. The van der Waals surface area contributed by atoms with Crippen LogP contribution in [0.15, 0.2) is 0 Å². The van der Waals surface area contributed by atoms with E-state index >= 15 is 0 Å². The fourth-order valence-electron chi connectivity index (χ4n) is 11.4. The summed E-state index contributed by atoms with van der Waals surface area (Å²) in [6.45, 7) is -3.21. The lowest BCUT2D eigenvalue weighted by molar-refractivity contribution is -0.383. The molecular formula is C50H82N4O37. The molecule has 0 unspecified atom stereocenters. The molecule has 6 rings (SSSR count). The number of aliphatic hydroxyl groups excluding tert-OH is 18. The molecule has 91 heavy (non-hydrogen) atoms. The van der Waals surface area contributed by atoms with Gasteiger partial charge in [-0.25, -0.2) is 9.59 Å². The van der Waals surface area contributed by atoms with Gasteiger partial charge in [0.15, 0.2) is 25.2 Å². The van der Waals surface area contributed by atoms with Gasteiger partial charge in [-0.15, -0.1) is 0 Å². The van der Waals surface area contributed by atoms with E-state index < -0.39 is 283 Å². The average molecular weight is 1330 g/mol. The molecule has 0 radical (unpaired) electrons. The number of aliphatic carboxylic acids is 2. The minimum atomic E-state index is -3.28. The van der Waals surface area contributed by atoms with E-state index in [4.69, 9.17) is 52.1 Å². The van der Waals surface area contributed by atoms with Crippen molar-refractivity contribution in [3.63, 3.8) is 0 Å². The molecule has 0 aromatic carbocycles. The van der Waals surface area contributed by atoms with E-state index in [-0.39, 0.29) is 0 Å². The Hall–Kier alpha value is -4.34. The van der Waals surface area contributed by atoms with Crippen LogP contribution in [0.5, 0.6) is 0 Å². The molecule has 6 aliphatic heterocycles. The highest BCUT2D eigenvalue weighted by Gasteiger charge is 2.62. The third-order valence-corrected chi connectivity index (χ3v) is 16.0. The predicted octanol–water partition coefficient (Wildman–Crippen LogP) is -15.1. The molecule has 32 atom stereocenters. The maximum absolute atomic E-state index is 13.4. The molecule has 6 heterocycles. The van der Waals surface area contributed by atoms with E-state index in [1.807, 2.05) is 0 Å². The molecular weight excluding hydrogens is 1250 g/mol. The van der Waals surface area contributed by atoms with Crippen LogP contribution in [0.1, 0.15) is 40.5 Å². The van der Waals surface area contributed by atoms with Crippen molar-refractivity contribution < 1.29 is 183 Å². The summed E-state index contributed by atoms with van der Waals surface area (Å²) >= 11 is 0. The molecule has 6 aliphatic rings. The van der Waals surface area contributed by atoms with E-state index in [0.29, 0.717) is 0 Å². The number of carboxylic acid groups (broad SMARTS) is 2. The van der Waals surface area contributed by atoms with E-state index in [0.717, 1.165) is 27.7 Å². The topological polar surface area (TPSA) is 657 Å². The smallest absolute Gasteiger partial charge is 0.364 e. The van der Waals surface area contributed by atoms with Crippen molar-refractivity contribution >= 4 is 35.6 Å². The normalized spacial score (nSPS) is 43.5. The lowest BCUT2D eigenvalue weighted by atomic mass is 9.87. The third kappa shape index (κ3) is 16.8. The lowest BCUT2D eigenvalue weighted by Crippen LogP contribution is -2.71. The third-order valence-electron chi connectivity index (χ3n) is 16.0. The van der Waals surface area contributed by atoms with E-state index in [2.05, 4.69) is 21.3 Å². The first kappa shape index (κ1) is 75.7. The number of carbonyl (C=O) groups excluding carboxylic acids is 4. The molecule has 0 bridgehead atoms. The number of amides is 4. The highest BCUT2D eigenvalue weighted by atomic mass is 16.8. The zero-order valence-corrected chi connectivity index (χ0v) is 48.9. The Labute approximate surface area is 514 Å². The Balaban J connectivity index is 1.24. The number of ether oxygens (including phenoxy) is 11. The number of carbonyl (C=O) groups is 6. The van der Waals surface area contributed by atoms with Gasteiger partial charge in [-0.05, 0) is 0 Å². The van der Waals surface area contributed by atoms with E-state index in [1.54, 1.807) is 0 Å². The molecule has 524 valence electrons. The molecule has 6 fully saturated rings. The Morgan fingerprint density at radius 3 is 1.42 bits per heavy atom. The second-order valence-corrected chi connectivity index (χ2v) is 22.6. The van der Waals surface area contributed by atoms with Gasteiger partial charge in [0.25, 0.3) is 11.6 Å². The van der Waals surface area contributed by atoms with Crippen LogP contribution in [0.2, 0.25) is 0 Å². The predicted molar refractivity (Wildman–Crippen MR) is 280 cm³/mol. The largest absolute Gasteiger partial charge is 0.477 e. The van der Waals surface area contributed by atoms with Crippen LogP contribution < -0.4 is 21.3 Å². The molecule has 4 amide bonds. The van der Waals surface area contributed by atoms with Gasteiger partial charge < -0.3 is 176 Å². The lowest BCUT2D eigenvalue weighted by Gasteiger charge is -2.50. The first-order chi connectivity index (χ1) is 42.6. The van der Waals surface area contributed by atoms with Gasteiger partial charge in [-0.1, -0.05) is 0 Å². The summed E-state index contributed by atoms with van der Waals surface area (Å²) in [6.07, 6.45) is -57.4. The van der Waals surface area contributed by atoms with E-state index in [1.165, 1.54) is 0 Å². The van der Waals surface area contributed by atoms with E-state index in [9.17, 15) is 131 Å².